The molecule has 0 saturated heterocycles. The first-order chi connectivity index (χ1) is 5.18. The monoisotopic (exact) mass is 241 g/mol. The van der Waals surface area contributed by atoms with E-state index in [0.717, 1.165) is 12.8 Å². The van der Waals surface area contributed by atoms with Crippen LogP contribution in [-0.2, 0) is 24.2 Å². The van der Waals surface area contributed by atoms with Crippen LogP contribution in [0.1, 0.15) is 19.8 Å². The molecule has 0 atom stereocenters. The molecule has 0 unspecified atom stereocenters. The molecule has 0 heterocycles. The van der Waals surface area contributed by atoms with E-state index in [1.165, 1.54) is 0 Å². The van der Waals surface area contributed by atoms with Crippen molar-refractivity contribution in [2.45, 2.75) is 19.8 Å². The minimum atomic E-state index is -1.25. The van der Waals surface area contributed by atoms with E-state index in [-0.39, 0.29) is 24.7 Å². The Morgan fingerprint density at radius 3 is 2.25 bits per heavy atom. The van der Waals surface area contributed by atoms with E-state index in [1.807, 2.05) is 0 Å². The third-order valence-electron chi connectivity index (χ3n) is 0.742. The summed E-state index contributed by atoms with van der Waals surface area (Å²) in [6.07, 6.45) is 2.14. The summed E-state index contributed by atoms with van der Waals surface area (Å²) >= 11 is 4.46. The van der Waals surface area contributed by atoms with Gasteiger partial charge in [-0.2, -0.15) is 0 Å². The second-order valence-electron chi connectivity index (χ2n) is 1.64. The topological polar surface area (TPSA) is 81.4 Å². The second kappa shape index (κ2) is 17.4. The van der Waals surface area contributed by atoms with Crippen molar-refractivity contribution in [1.82, 2.24) is 0 Å². The Hall–Kier alpha value is 0.298. The summed E-state index contributed by atoms with van der Waals surface area (Å²) in [6, 6.07) is 0. The average Bonchev–Trinajstić information content (AvgIpc) is 1.89. The number of rotatable bonds is 3. The van der Waals surface area contributed by atoms with Crippen LogP contribution in [0.3, 0.4) is 0 Å². The molecule has 0 amide bonds. The normalized spacial score (nSPS) is 6.92. The molecule has 0 bridgehead atoms. The predicted molar refractivity (Wildman–Crippen MR) is 44.8 cm³/mol. The van der Waals surface area contributed by atoms with E-state index in [4.69, 9.17) is 20.5 Å². The SMILES string of the molecule is CCCCOC(N)=S.[O-]B[O-].[Zn+2]. The predicted octanol–water partition coefficient (Wildman–Crippen LogP) is -1.98. The van der Waals surface area contributed by atoms with Gasteiger partial charge in [0.15, 0.2) is 0 Å². The van der Waals surface area contributed by atoms with Crippen molar-refractivity contribution >= 4 is 25.1 Å². The van der Waals surface area contributed by atoms with Crippen LogP contribution in [0.5, 0.6) is 0 Å². The third-order valence-corrected chi connectivity index (χ3v) is 0.860. The molecule has 0 aromatic carbocycles. The molecule has 0 radical (unpaired) electrons. The molecule has 0 fully saturated rings. The standard InChI is InChI=1S/C5H11NOS.BHO2.Zn/c1-2-3-4-7-5(6)8;2-1-3;/h2-4H2,1H3,(H2,6,8);1H;/q;-2;+2. The van der Waals surface area contributed by atoms with Gasteiger partial charge in [-0.25, -0.2) is 0 Å². The summed E-state index contributed by atoms with van der Waals surface area (Å²) in [7, 11) is -1.25. The van der Waals surface area contributed by atoms with Gasteiger partial charge in [-0.05, 0) is 18.6 Å². The summed E-state index contributed by atoms with van der Waals surface area (Å²) in [6.45, 7) is 2.74. The summed E-state index contributed by atoms with van der Waals surface area (Å²) in [5, 5.41) is 16.9. The zero-order chi connectivity index (χ0) is 9.11. The molecule has 0 aromatic rings. The molecule has 4 nitrogen and oxygen atoms in total. The number of nitrogens with two attached hydrogens (primary N) is 1. The maximum Gasteiger partial charge on any atom is 2.00 e. The Labute approximate surface area is 91.5 Å². The zero-order valence-electron chi connectivity index (χ0n) is 7.25. The van der Waals surface area contributed by atoms with Gasteiger partial charge in [-0.3, -0.25) is 0 Å². The maximum atomic E-state index is 8.38. The van der Waals surface area contributed by atoms with E-state index >= 15 is 0 Å². The van der Waals surface area contributed by atoms with Gasteiger partial charge in [0, 0.05) is 0 Å². The number of ether oxygens (including phenoxy) is 1. The molecule has 0 aromatic heterocycles. The van der Waals surface area contributed by atoms with Gasteiger partial charge in [-0.15, -0.1) is 7.69 Å². The van der Waals surface area contributed by atoms with Crippen LogP contribution in [-0.4, -0.2) is 19.5 Å². The van der Waals surface area contributed by atoms with E-state index in [0.29, 0.717) is 6.61 Å². The molecule has 0 aliphatic rings. The van der Waals surface area contributed by atoms with Gasteiger partial charge in [-0.1, -0.05) is 13.3 Å². The van der Waals surface area contributed by atoms with Crippen molar-refractivity contribution in [1.29, 1.82) is 0 Å². The molecule has 0 aliphatic carbocycles. The Balaban J connectivity index is -0.000000177. The van der Waals surface area contributed by atoms with Gasteiger partial charge >= 0.3 is 19.5 Å². The zero-order valence-corrected chi connectivity index (χ0v) is 11.0. The summed E-state index contributed by atoms with van der Waals surface area (Å²) in [4.78, 5) is 0. The van der Waals surface area contributed by atoms with Crippen LogP contribution in [0.2, 0.25) is 0 Å². The number of thiocarbonyl (C=S) groups is 1. The first-order valence-corrected chi connectivity index (χ1v) is 3.68. The second-order valence-corrected chi connectivity index (χ2v) is 2.04. The molecule has 0 spiro atoms. The first kappa shape index (κ1) is 18.2. The van der Waals surface area contributed by atoms with Crippen molar-refractivity contribution in [3.8, 4) is 0 Å². The van der Waals surface area contributed by atoms with Crippen molar-refractivity contribution < 1.29 is 34.3 Å². The Kier molecular flexibility index (Phi) is 26.3. The molecule has 0 saturated carbocycles. The van der Waals surface area contributed by atoms with E-state index < -0.39 is 7.69 Å². The molecule has 12 heavy (non-hydrogen) atoms. The Bertz CT molecular complexity index is 98.8. The van der Waals surface area contributed by atoms with Crippen LogP contribution in [0, 0.1) is 0 Å². The average molecular weight is 242 g/mol. The van der Waals surface area contributed by atoms with Crippen LogP contribution in [0.15, 0.2) is 0 Å². The van der Waals surface area contributed by atoms with Gasteiger partial charge in [0.25, 0.3) is 5.17 Å². The minimum absolute atomic E-state index is 0. The smallest absolute Gasteiger partial charge is 0.896 e. The van der Waals surface area contributed by atoms with Gasteiger partial charge in [0.2, 0.25) is 0 Å². The molecule has 7 heteroatoms. The number of unbranched alkanes of at least 4 members (excludes halogenated alkanes) is 1. The van der Waals surface area contributed by atoms with Gasteiger partial charge < -0.3 is 20.5 Å². The third kappa shape index (κ3) is 31.7. The van der Waals surface area contributed by atoms with Crippen LogP contribution in [0.25, 0.3) is 0 Å². The molecular formula is C5H12BNO3SZn. The van der Waals surface area contributed by atoms with Crippen molar-refractivity contribution in [2.75, 3.05) is 6.61 Å². The van der Waals surface area contributed by atoms with Crippen molar-refractivity contribution in [3.63, 3.8) is 0 Å². The van der Waals surface area contributed by atoms with Gasteiger partial charge in [0.1, 0.15) is 0 Å². The van der Waals surface area contributed by atoms with Crippen molar-refractivity contribution in [3.05, 3.63) is 0 Å². The van der Waals surface area contributed by atoms with Crippen LogP contribution < -0.4 is 15.8 Å². The molecule has 0 aliphatic heterocycles. The quantitative estimate of drug-likeness (QED) is 0.352. The molecular weight excluding hydrogens is 230 g/mol. The molecule has 66 valence electrons. The maximum absolute atomic E-state index is 8.38. The summed E-state index contributed by atoms with van der Waals surface area (Å²) < 4.78 is 4.79. The van der Waals surface area contributed by atoms with Crippen molar-refractivity contribution in [2.24, 2.45) is 5.73 Å². The number of hydrogen-bond donors (Lipinski definition) is 1. The summed E-state index contributed by atoms with van der Waals surface area (Å²) in [5.74, 6) is 0. The van der Waals surface area contributed by atoms with E-state index in [1.54, 1.807) is 0 Å². The fraction of sp³-hybridized carbons (Fsp3) is 0.800. The fourth-order valence-corrected chi connectivity index (χ4v) is 0.400. The van der Waals surface area contributed by atoms with E-state index in [2.05, 4.69) is 19.1 Å². The molecule has 0 rings (SSSR count). The first-order valence-electron chi connectivity index (χ1n) is 3.27. The Morgan fingerprint density at radius 1 is 1.58 bits per heavy atom. The largest absolute Gasteiger partial charge is 2.00 e. The van der Waals surface area contributed by atoms with Crippen LogP contribution in [0.4, 0.5) is 0 Å². The van der Waals surface area contributed by atoms with Gasteiger partial charge in [0.05, 0.1) is 6.61 Å². The van der Waals surface area contributed by atoms with Crippen LogP contribution >= 0.6 is 12.2 Å². The Morgan fingerprint density at radius 2 is 2.00 bits per heavy atom. The number of hydrogen-bond acceptors (Lipinski definition) is 4. The minimum Gasteiger partial charge on any atom is -0.896 e. The summed E-state index contributed by atoms with van der Waals surface area (Å²) in [5.41, 5.74) is 5.04. The molecule has 2 N–H and O–H groups in total. The van der Waals surface area contributed by atoms with E-state index in [9.17, 15) is 0 Å². The fourth-order valence-electron chi connectivity index (χ4n) is 0.317.